The summed E-state index contributed by atoms with van der Waals surface area (Å²) in [5.41, 5.74) is 1.52. The molecule has 4 nitrogen and oxygen atoms in total. The Labute approximate surface area is 150 Å². The van der Waals surface area contributed by atoms with Crippen LogP contribution in [0.2, 0.25) is 0 Å². The lowest BCUT2D eigenvalue weighted by molar-refractivity contribution is 0.0785. The Bertz CT molecular complexity index is 916. The van der Waals surface area contributed by atoms with E-state index in [4.69, 9.17) is 0 Å². The molecule has 1 heterocycles. The summed E-state index contributed by atoms with van der Waals surface area (Å²) in [6.07, 6.45) is 1.47. The molecule has 0 fully saturated rings. The second-order valence-corrected chi connectivity index (χ2v) is 5.83. The number of rotatable bonds is 5. The Morgan fingerprint density at radius 3 is 2.58 bits per heavy atom. The van der Waals surface area contributed by atoms with Gasteiger partial charge in [0, 0.05) is 31.4 Å². The zero-order valence-corrected chi connectivity index (χ0v) is 14.1. The van der Waals surface area contributed by atoms with Gasteiger partial charge in [0.2, 0.25) is 0 Å². The highest BCUT2D eigenvalue weighted by atomic mass is 19.1. The maximum absolute atomic E-state index is 13.8. The van der Waals surface area contributed by atoms with Crippen LogP contribution in [0.25, 0.3) is 0 Å². The van der Waals surface area contributed by atoms with Crippen molar-refractivity contribution in [3.8, 4) is 0 Å². The molecule has 3 aromatic rings. The molecule has 0 saturated carbocycles. The topological polar surface area (TPSA) is 45.2 Å². The second kappa shape index (κ2) is 7.74. The van der Waals surface area contributed by atoms with Crippen LogP contribution in [0.3, 0.4) is 0 Å². The highest BCUT2D eigenvalue weighted by Crippen LogP contribution is 2.20. The smallest absolute Gasteiger partial charge is 0.254 e. The number of nitrogens with zero attached hydrogens (tertiary/aromatic N) is 2. The lowest BCUT2D eigenvalue weighted by Crippen LogP contribution is -2.26. The zero-order chi connectivity index (χ0) is 18.5. The lowest BCUT2D eigenvalue weighted by Gasteiger charge is -2.18. The molecule has 3 rings (SSSR count). The van der Waals surface area contributed by atoms with Crippen molar-refractivity contribution >= 4 is 17.4 Å². The fraction of sp³-hybridized carbons (Fsp3) is 0.100. The van der Waals surface area contributed by atoms with Crippen LogP contribution in [0.1, 0.15) is 15.9 Å². The Hall–Kier alpha value is -3.28. The van der Waals surface area contributed by atoms with Gasteiger partial charge in [-0.1, -0.05) is 30.3 Å². The van der Waals surface area contributed by atoms with Crippen molar-refractivity contribution in [3.05, 3.63) is 89.6 Å². The molecule has 0 saturated heterocycles. The molecule has 0 aliphatic rings. The molecule has 0 aliphatic heterocycles. The summed E-state index contributed by atoms with van der Waals surface area (Å²) in [5, 5.41) is 2.76. The Balaban J connectivity index is 1.74. The van der Waals surface area contributed by atoms with E-state index in [1.54, 1.807) is 18.0 Å². The molecule has 26 heavy (non-hydrogen) atoms. The minimum absolute atomic E-state index is 0.0844. The molecule has 0 spiro atoms. The summed E-state index contributed by atoms with van der Waals surface area (Å²) in [7, 11) is 1.71. The third-order valence-corrected chi connectivity index (χ3v) is 3.81. The summed E-state index contributed by atoms with van der Waals surface area (Å²) in [5.74, 6) is -1.27. The number of aromatic nitrogens is 1. The third kappa shape index (κ3) is 4.22. The minimum atomic E-state index is -0.732. The summed E-state index contributed by atoms with van der Waals surface area (Å²) in [6, 6.07) is 16.0. The van der Waals surface area contributed by atoms with Crippen molar-refractivity contribution in [1.29, 1.82) is 0 Å². The number of nitrogens with one attached hydrogen (secondary N) is 1. The van der Waals surface area contributed by atoms with Crippen molar-refractivity contribution in [2.75, 3.05) is 12.4 Å². The SMILES string of the molecule is CN(Cc1ccccc1)C(=O)c1ccnc(Nc2ccc(F)cc2F)c1. The van der Waals surface area contributed by atoms with E-state index < -0.39 is 11.6 Å². The average Bonchev–Trinajstić information content (AvgIpc) is 2.64. The summed E-state index contributed by atoms with van der Waals surface area (Å²) < 4.78 is 26.8. The number of halogens is 2. The molecular weight excluding hydrogens is 336 g/mol. The van der Waals surface area contributed by atoms with Gasteiger partial charge in [-0.3, -0.25) is 4.79 Å². The average molecular weight is 353 g/mol. The van der Waals surface area contributed by atoms with E-state index in [0.29, 0.717) is 17.9 Å². The van der Waals surface area contributed by atoms with E-state index in [1.807, 2.05) is 30.3 Å². The fourth-order valence-electron chi connectivity index (χ4n) is 2.51. The predicted molar refractivity (Wildman–Crippen MR) is 96.1 cm³/mol. The van der Waals surface area contributed by atoms with Gasteiger partial charge in [0.05, 0.1) is 5.69 Å². The number of anilines is 2. The van der Waals surface area contributed by atoms with E-state index in [-0.39, 0.29) is 11.6 Å². The van der Waals surface area contributed by atoms with Gasteiger partial charge < -0.3 is 10.2 Å². The van der Waals surface area contributed by atoms with E-state index in [2.05, 4.69) is 10.3 Å². The first kappa shape index (κ1) is 17.5. The summed E-state index contributed by atoms with van der Waals surface area (Å²) in [4.78, 5) is 18.3. The van der Waals surface area contributed by atoms with Crippen LogP contribution < -0.4 is 5.32 Å². The number of hydrogen-bond acceptors (Lipinski definition) is 3. The van der Waals surface area contributed by atoms with Crippen LogP contribution in [0.4, 0.5) is 20.3 Å². The van der Waals surface area contributed by atoms with E-state index in [1.165, 1.54) is 18.3 Å². The van der Waals surface area contributed by atoms with Gasteiger partial charge in [0.1, 0.15) is 17.5 Å². The molecule has 6 heteroatoms. The van der Waals surface area contributed by atoms with Crippen molar-refractivity contribution in [1.82, 2.24) is 9.88 Å². The standard InChI is InChI=1S/C20H17F2N3O/c1-25(13-14-5-3-2-4-6-14)20(26)15-9-10-23-19(11-15)24-18-8-7-16(21)12-17(18)22/h2-12H,13H2,1H3,(H,23,24). The third-order valence-electron chi connectivity index (χ3n) is 3.81. The van der Waals surface area contributed by atoms with E-state index in [0.717, 1.165) is 17.7 Å². The first-order valence-electron chi connectivity index (χ1n) is 8.00. The normalized spacial score (nSPS) is 10.4. The molecule has 0 unspecified atom stereocenters. The number of carbonyl (C=O) groups is 1. The van der Waals surface area contributed by atoms with Gasteiger partial charge in [-0.25, -0.2) is 13.8 Å². The number of pyridine rings is 1. The number of hydrogen-bond donors (Lipinski definition) is 1. The maximum Gasteiger partial charge on any atom is 0.254 e. The molecular formula is C20H17F2N3O. The maximum atomic E-state index is 13.8. The van der Waals surface area contributed by atoms with Gasteiger partial charge in [-0.2, -0.15) is 0 Å². The molecule has 0 bridgehead atoms. The van der Waals surface area contributed by atoms with Crippen LogP contribution in [0.5, 0.6) is 0 Å². The Morgan fingerprint density at radius 2 is 1.85 bits per heavy atom. The molecule has 132 valence electrons. The quantitative estimate of drug-likeness (QED) is 0.741. The predicted octanol–water partition coefficient (Wildman–Crippen LogP) is 4.38. The lowest BCUT2D eigenvalue weighted by atomic mass is 10.2. The van der Waals surface area contributed by atoms with Crippen LogP contribution in [-0.4, -0.2) is 22.8 Å². The molecule has 0 atom stereocenters. The molecule has 2 aromatic carbocycles. The number of carbonyl (C=O) groups excluding carboxylic acids is 1. The van der Waals surface area contributed by atoms with Crippen molar-refractivity contribution in [3.63, 3.8) is 0 Å². The Morgan fingerprint density at radius 1 is 1.08 bits per heavy atom. The van der Waals surface area contributed by atoms with Crippen LogP contribution >= 0.6 is 0 Å². The summed E-state index contributed by atoms with van der Waals surface area (Å²) in [6.45, 7) is 0.470. The highest BCUT2D eigenvalue weighted by Gasteiger charge is 2.13. The van der Waals surface area contributed by atoms with Gasteiger partial charge >= 0.3 is 0 Å². The first-order chi connectivity index (χ1) is 12.5. The van der Waals surface area contributed by atoms with E-state index in [9.17, 15) is 13.6 Å². The molecule has 1 amide bonds. The zero-order valence-electron chi connectivity index (χ0n) is 14.1. The van der Waals surface area contributed by atoms with Crippen molar-refractivity contribution in [2.45, 2.75) is 6.54 Å². The van der Waals surface area contributed by atoms with Crippen molar-refractivity contribution < 1.29 is 13.6 Å². The van der Waals surface area contributed by atoms with Gasteiger partial charge in [0.25, 0.3) is 5.91 Å². The highest BCUT2D eigenvalue weighted by molar-refractivity contribution is 5.94. The van der Waals surface area contributed by atoms with Crippen LogP contribution in [-0.2, 0) is 6.54 Å². The molecule has 1 aromatic heterocycles. The molecule has 1 N–H and O–H groups in total. The minimum Gasteiger partial charge on any atom is -0.338 e. The van der Waals surface area contributed by atoms with Gasteiger partial charge in [-0.15, -0.1) is 0 Å². The van der Waals surface area contributed by atoms with Crippen LogP contribution in [0.15, 0.2) is 66.9 Å². The first-order valence-corrected chi connectivity index (χ1v) is 8.00. The second-order valence-electron chi connectivity index (χ2n) is 5.83. The van der Waals surface area contributed by atoms with Crippen molar-refractivity contribution in [2.24, 2.45) is 0 Å². The number of benzene rings is 2. The fourth-order valence-corrected chi connectivity index (χ4v) is 2.51. The Kier molecular flexibility index (Phi) is 5.22. The van der Waals surface area contributed by atoms with Crippen LogP contribution in [0, 0.1) is 11.6 Å². The molecule has 0 aliphatic carbocycles. The molecule has 0 radical (unpaired) electrons. The van der Waals surface area contributed by atoms with E-state index >= 15 is 0 Å². The summed E-state index contributed by atoms with van der Waals surface area (Å²) >= 11 is 0. The van der Waals surface area contributed by atoms with Gasteiger partial charge in [0.15, 0.2) is 0 Å². The largest absolute Gasteiger partial charge is 0.338 e. The monoisotopic (exact) mass is 353 g/mol. The number of amides is 1. The van der Waals surface area contributed by atoms with Gasteiger partial charge in [-0.05, 0) is 29.8 Å².